The molecule has 0 radical (unpaired) electrons. The van der Waals surface area contributed by atoms with Crippen LogP contribution < -0.4 is 15.4 Å². The molecule has 0 aliphatic carbocycles. The summed E-state index contributed by atoms with van der Waals surface area (Å²) in [7, 11) is 0. The fourth-order valence-electron chi connectivity index (χ4n) is 4.39. The largest absolute Gasteiger partial charge is 0.494 e. The summed E-state index contributed by atoms with van der Waals surface area (Å²) in [5.74, 6) is 0.510. The number of hydrogen-bond donors (Lipinski definition) is 2. The minimum atomic E-state index is -0.598. The Morgan fingerprint density at radius 3 is 2.62 bits per heavy atom. The lowest BCUT2D eigenvalue weighted by molar-refractivity contribution is -0.116. The summed E-state index contributed by atoms with van der Waals surface area (Å²) in [5, 5.41) is 15.7. The van der Waals surface area contributed by atoms with E-state index in [0.717, 1.165) is 36.4 Å². The van der Waals surface area contributed by atoms with Crippen molar-refractivity contribution in [3.63, 3.8) is 0 Å². The molecule has 176 valence electrons. The van der Waals surface area contributed by atoms with Crippen molar-refractivity contribution in [1.82, 2.24) is 10.6 Å². The van der Waals surface area contributed by atoms with Gasteiger partial charge in [0, 0.05) is 18.0 Å². The number of Topliss-reactive ketones (excluding diaryl/α,β-unsaturated/α-hetero) is 1. The summed E-state index contributed by atoms with van der Waals surface area (Å²) in [4.78, 5) is 17.9. The van der Waals surface area contributed by atoms with Crippen LogP contribution in [0.1, 0.15) is 43.4 Å². The molecule has 0 spiro atoms. The Morgan fingerprint density at radius 2 is 1.97 bits per heavy atom. The molecule has 0 bridgehead atoms. The summed E-state index contributed by atoms with van der Waals surface area (Å²) in [6.07, 6.45) is 1.50. The molecule has 2 aliphatic heterocycles. The molecule has 0 amide bonds. The number of aliphatic imine (C=N–C) groups is 1. The van der Waals surface area contributed by atoms with Crippen molar-refractivity contribution in [2.45, 2.75) is 26.7 Å². The second-order valence-corrected chi connectivity index (χ2v) is 8.76. The number of ketones is 1. The quantitative estimate of drug-likeness (QED) is 0.676. The maximum atomic E-state index is 14.6. The number of carbonyl (C=O) groups excluding carboxylic acids is 1. The van der Waals surface area contributed by atoms with Crippen LogP contribution in [0.25, 0.3) is 11.3 Å². The van der Waals surface area contributed by atoms with Crippen molar-refractivity contribution in [2.75, 3.05) is 26.2 Å². The molecule has 4 rings (SSSR count). The molecule has 7 heteroatoms. The van der Waals surface area contributed by atoms with E-state index in [0.29, 0.717) is 42.6 Å². The molecule has 2 aromatic carbocycles. The Balaban J connectivity index is 1.79. The van der Waals surface area contributed by atoms with E-state index in [4.69, 9.17) is 10.00 Å². The number of benzene rings is 2. The maximum absolute atomic E-state index is 14.6. The van der Waals surface area contributed by atoms with Crippen LogP contribution in [-0.2, 0) is 4.79 Å². The van der Waals surface area contributed by atoms with Gasteiger partial charge in [0.05, 0.1) is 17.9 Å². The number of halogens is 1. The van der Waals surface area contributed by atoms with Gasteiger partial charge < -0.3 is 15.4 Å². The number of nitrogens with one attached hydrogen (secondary N) is 2. The van der Waals surface area contributed by atoms with E-state index in [1.54, 1.807) is 6.07 Å². The smallest absolute Gasteiger partial charge is 0.200 e. The van der Waals surface area contributed by atoms with E-state index in [9.17, 15) is 9.18 Å². The third kappa shape index (κ3) is 5.18. The third-order valence-electron chi connectivity index (χ3n) is 6.30. The second-order valence-electron chi connectivity index (χ2n) is 8.76. The van der Waals surface area contributed by atoms with Crippen molar-refractivity contribution in [2.24, 2.45) is 16.8 Å². The van der Waals surface area contributed by atoms with Gasteiger partial charge in [-0.05, 0) is 74.2 Å². The van der Waals surface area contributed by atoms with Crippen LogP contribution >= 0.6 is 0 Å². The van der Waals surface area contributed by atoms with Crippen molar-refractivity contribution in [3.05, 3.63) is 65.0 Å². The van der Waals surface area contributed by atoms with E-state index in [1.165, 1.54) is 12.1 Å². The molecule has 1 fully saturated rings. The Kier molecular flexibility index (Phi) is 7.39. The number of carbonyl (C=O) groups is 1. The molecule has 2 aliphatic rings. The number of nitrogens with zero attached hydrogens (tertiary/aromatic N) is 2. The molecule has 0 saturated carbocycles. The zero-order valence-electron chi connectivity index (χ0n) is 19.5. The highest BCUT2D eigenvalue weighted by Gasteiger charge is 2.29. The number of ether oxygens (including phenoxy) is 1. The number of amidine groups is 1. The van der Waals surface area contributed by atoms with Crippen LogP contribution in [0, 0.1) is 29.0 Å². The maximum Gasteiger partial charge on any atom is 0.200 e. The molecular weight excluding hydrogens is 431 g/mol. The van der Waals surface area contributed by atoms with Gasteiger partial charge in [-0.2, -0.15) is 5.26 Å². The molecule has 0 aromatic heterocycles. The first-order valence-electron chi connectivity index (χ1n) is 11.7. The molecule has 2 heterocycles. The SMILES string of the molecule is CCOc1ccc(C2=C(c3ccc(C#N)c(F)c3)NC(=NC[C@H]3CCNC3)C(=O)C(C)C2)cc1. The molecule has 2 N–H and O–H groups in total. The Labute approximate surface area is 199 Å². The van der Waals surface area contributed by atoms with Gasteiger partial charge in [-0.3, -0.25) is 9.79 Å². The van der Waals surface area contributed by atoms with E-state index in [1.807, 2.05) is 44.2 Å². The van der Waals surface area contributed by atoms with E-state index in [2.05, 4.69) is 15.6 Å². The third-order valence-corrected chi connectivity index (χ3v) is 6.30. The van der Waals surface area contributed by atoms with E-state index >= 15 is 0 Å². The minimum Gasteiger partial charge on any atom is -0.494 e. The van der Waals surface area contributed by atoms with Gasteiger partial charge in [-0.1, -0.05) is 25.1 Å². The van der Waals surface area contributed by atoms with Gasteiger partial charge in [0.2, 0.25) is 5.78 Å². The molecular formula is C27H29FN4O2. The van der Waals surface area contributed by atoms with Crippen LogP contribution in [0.2, 0.25) is 0 Å². The van der Waals surface area contributed by atoms with Crippen molar-refractivity contribution in [1.29, 1.82) is 5.26 Å². The first kappa shape index (κ1) is 23.7. The highest BCUT2D eigenvalue weighted by Crippen LogP contribution is 2.34. The van der Waals surface area contributed by atoms with E-state index < -0.39 is 5.82 Å². The van der Waals surface area contributed by atoms with E-state index in [-0.39, 0.29) is 17.3 Å². The second kappa shape index (κ2) is 10.6. The molecule has 2 atom stereocenters. The first-order chi connectivity index (χ1) is 16.5. The highest BCUT2D eigenvalue weighted by atomic mass is 19.1. The van der Waals surface area contributed by atoms with Crippen LogP contribution in [0.15, 0.2) is 47.5 Å². The first-order valence-corrected chi connectivity index (χ1v) is 11.7. The fraction of sp³-hybridized carbons (Fsp3) is 0.370. The monoisotopic (exact) mass is 460 g/mol. The molecule has 34 heavy (non-hydrogen) atoms. The normalized spacial score (nSPS) is 21.8. The van der Waals surface area contributed by atoms with Crippen molar-refractivity contribution in [3.8, 4) is 11.8 Å². The lowest BCUT2D eigenvalue weighted by atomic mass is 9.91. The molecule has 2 aromatic rings. The van der Waals surface area contributed by atoms with Crippen molar-refractivity contribution < 1.29 is 13.9 Å². The molecule has 1 saturated heterocycles. The summed E-state index contributed by atoms with van der Waals surface area (Å²) in [5.41, 5.74) is 2.98. The average Bonchev–Trinajstić information content (AvgIpc) is 3.33. The topological polar surface area (TPSA) is 86.5 Å². The van der Waals surface area contributed by atoms with Gasteiger partial charge in [0.25, 0.3) is 0 Å². The van der Waals surface area contributed by atoms with Gasteiger partial charge in [-0.15, -0.1) is 0 Å². The fourth-order valence-corrected chi connectivity index (χ4v) is 4.39. The summed E-state index contributed by atoms with van der Waals surface area (Å²) in [6, 6.07) is 14.1. The van der Waals surface area contributed by atoms with Gasteiger partial charge >= 0.3 is 0 Å². The van der Waals surface area contributed by atoms with Crippen LogP contribution in [0.4, 0.5) is 4.39 Å². The minimum absolute atomic E-state index is 0.0207. The van der Waals surface area contributed by atoms with Crippen LogP contribution in [-0.4, -0.2) is 37.9 Å². The standard InChI is InChI=1S/C27H29FN4O2/c1-3-34-22-8-6-19(7-9-22)23-12-17(2)26(33)27(31-16-18-10-11-30-15-18)32-25(23)20-4-5-21(14-29)24(28)13-20/h4-9,13,17-18,30H,3,10-12,15-16H2,1-2H3,(H,31,32)/t17?,18-/m0/s1. The summed E-state index contributed by atoms with van der Waals surface area (Å²) >= 11 is 0. The molecule has 1 unspecified atom stereocenters. The Hall–Kier alpha value is -3.50. The highest BCUT2D eigenvalue weighted by molar-refractivity contribution is 6.42. The number of nitriles is 1. The predicted molar refractivity (Wildman–Crippen MR) is 131 cm³/mol. The van der Waals surface area contributed by atoms with Crippen molar-refractivity contribution >= 4 is 22.9 Å². The Morgan fingerprint density at radius 1 is 1.21 bits per heavy atom. The molecule has 6 nitrogen and oxygen atoms in total. The summed E-state index contributed by atoms with van der Waals surface area (Å²) < 4.78 is 20.2. The zero-order valence-corrected chi connectivity index (χ0v) is 19.5. The van der Waals surface area contributed by atoms with Crippen LogP contribution in [0.3, 0.4) is 0 Å². The number of hydrogen-bond acceptors (Lipinski definition) is 5. The predicted octanol–water partition coefficient (Wildman–Crippen LogP) is 4.17. The van der Waals surface area contributed by atoms with Gasteiger partial charge in [0.15, 0.2) is 5.84 Å². The van der Waals surface area contributed by atoms with Gasteiger partial charge in [0.1, 0.15) is 17.6 Å². The lowest BCUT2D eigenvalue weighted by Gasteiger charge is -2.16. The Bertz CT molecular complexity index is 1160. The lowest BCUT2D eigenvalue weighted by Crippen LogP contribution is -2.32. The van der Waals surface area contributed by atoms with Gasteiger partial charge in [-0.25, -0.2) is 4.39 Å². The zero-order chi connectivity index (χ0) is 24.1. The number of allylic oxidation sites excluding steroid dienone is 1. The van der Waals surface area contributed by atoms with Crippen LogP contribution in [0.5, 0.6) is 5.75 Å². The summed E-state index contributed by atoms with van der Waals surface area (Å²) in [6.45, 7) is 6.81. The number of rotatable bonds is 6. The average molecular weight is 461 g/mol.